The lowest BCUT2D eigenvalue weighted by Gasteiger charge is -2.16. The average molecular weight is 391 g/mol. The molecule has 0 unspecified atom stereocenters. The van der Waals surface area contributed by atoms with E-state index in [4.69, 9.17) is 17.3 Å². The van der Waals surface area contributed by atoms with E-state index in [1.54, 1.807) is 30.6 Å². The number of halogens is 2. The number of nitrogen functional groups attached to an aromatic ring is 1. The summed E-state index contributed by atoms with van der Waals surface area (Å²) in [5.41, 5.74) is 8.71. The molecule has 1 atom stereocenters. The van der Waals surface area contributed by atoms with Crippen LogP contribution in [0, 0.1) is 5.82 Å². The number of benzene rings is 1. The Bertz CT molecular complexity index is 1130. The quantitative estimate of drug-likeness (QED) is 0.397. The molecule has 0 aliphatic heterocycles. The van der Waals surface area contributed by atoms with E-state index >= 15 is 0 Å². The smallest absolute Gasteiger partial charge is 0.183 e. The fourth-order valence-corrected chi connectivity index (χ4v) is 2.99. The predicted octanol–water partition coefficient (Wildman–Crippen LogP) is 5.55. The van der Waals surface area contributed by atoms with Gasteiger partial charge in [-0.3, -0.25) is 0 Å². The molecule has 4 aromatic rings. The molecule has 4 rings (SSSR count). The van der Waals surface area contributed by atoms with Gasteiger partial charge in [-0.25, -0.2) is 19.3 Å². The number of hydrogen-bond donors (Lipinski definition) is 3. The number of fused-ring (bicyclic) bond motifs is 1. The predicted molar refractivity (Wildman–Crippen MR) is 113 cm³/mol. The zero-order chi connectivity index (χ0) is 19.0. The van der Waals surface area contributed by atoms with Crippen molar-refractivity contribution in [3.05, 3.63) is 65.3 Å². The molecule has 0 bridgehead atoms. The van der Waals surface area contributed by atoms with E-state index in [1.165, 1.54) is 0 Å². The highest BCUT2D eigenvalue weighted by atomic mass is 35.5. The minimum atomic E-state index is -0.531. The first kappa shape index (κ1) is 17.2. The number of hydrogen-bond acceptors (Lipinski definition) is 5. The van der Waals surface area contributed by atoms with E-state index < -0.39 is 5.82 Å². The van der Waals surface area contributed by atoms with Gasteiger partial charge in [-0.1, -0.05) is 23.7 Å². The van der Waals surface area contributed by atoms with E-state index in [-0.39, 0.29) is 17.6 Å². The Morgan fingerprint density at radius 3 is 2.78 bits per heavy atom. The third-order valence-electron chi connectivity index (χ3n) is 4.27. The van der Waals surface area contributed by atoms with Gasteiger partial charge in [0, 0.05) is 34.7 Å². The van der Waals surface area contributed by atoms with Crippen molar-refractivity contribution in [2.45, 2.75) is 13.0 Å². The first-order chi connectivity index (χ1) is 13.0. The second-order valence-corrected chi connectivity index (χ2v) is 6.61. The number of nitrogens with one attached hydrogen (secondary N) is 2. The molecule has 0 aliphatic rings. The van der Waals surface area contributed by atoms with E-state index in [0.717, 1.165) is 17.1 Å². The summed E-state index contributed by atoms with van der Waals surface area (Å²) in [6.07, 6.45) is 4.43. The zero-order valence-electron chi connectivity index (χ0n) is 14.4. The molecule has 1 aromatic carbocycles. The molecule has 144 valence electrons. The van der Waals surface area contributed by atoms with Crippen LogP contribution in [-0.4, -0.2) is 19.9 Å². The Labute approximate surface area is 165 Å². The Morgan fingerprint density at radius 1 is 1.22 bits per heavy atom. The normalized spacial score (nSPS) is 12.3. The molecule has 0 saturated heterocycles. The minimum Gasteiger partial charge on any atom is -0.399 e. The molecule has 6 nitrogen and oxygen atoms in total. The van der Waals surface area contributed by atoms with Crippen molar-refractivity contribution >= 4 is 34.1 Å². The lowest BCUT2D eigenvalue weighted by Crippen LogP contribution is -2.10. The van der Waals surface area contributed by atoms with Gasteiger partial charge in [-0.15, -0.1) is 0 Å². The lowest BCUT2D eigenvalue weighted by molar-refractivity contribution is 0.614. The van der Waals surface area contributed by atoms with Gasteiger partial charge in [0.25, 0.3) is 0 Å². The molecule has 0 spiro atoms. The molecule has 0 fully saturated rings. The summed E-state index contributed by atoms with van der Waals surface area (Å²) >= 11 is 6.04. The van der Waals surface area contributed by atoms with Crippen LogP contribution in [0.1, 0.15) is 24.2 Å². The van der Waals surface area contributed by atoms with Crippen molar-refractivity contribution in [2.75, 3.05) is 11.1 Å². The summed E-state index contributed by atoms with van der Waals surface area (Å²) in [6, 6.07) is 8.99. The molecule has 3 heterocycles. The van der Waals surface area contributed by atoms with E-state index in [2.05, 4.69) is 25.3 Å². The van der Waals surface area contributed by atoms with Gasteiger partial charge >= 0.3 is 0 Å². The van der Waals surface area contributed by atoms with Crippen molar-refractivity contribution in [3.8, 4) is 11.4 Å². The SMILES string of the molecule is C[C@@H](Nc1nc(-c2c[nH]c3ncc(Cl)cc23)ncc1F)c1ccc(N)cc1.[HH].[HH].[HH].[HH]. The Kier molecular flexibility index (Phi) is 4.37. The number of nitrogens with two attached hydrogens (primary N) is 1. The lowest BCUT2D eigenvalue weighted by atomic mass is 10.1. The summed E-state index contributed by atoms with van der Waals surface area (Å²) in [6.45, 7) is 1.92. The van der Waals surface area contributed by atoms with Crippen LogP contribution < -0.4 is 11.1 Å². The summed E-state index contributed by atoms with van der Waals surface area (Å²) in [4.78, 5) is 15.7. The number of anilines is 2. The van der Waals surface area contributed by atoms with Crippen LogP contribution in [-0.2, 0) is 0 Å². The van der Waals surface area contributed by atoms with Gasteiger partial charge in [0.2, 0.25) is 0 Å². The molecule has 4 N–H and O–H groups in total. The Morgan fingerprint density at radius 2 is 2.00 bits per heavy atom. The summed E-state index contributed by atoms with van der Waals surface area (Å²) in [7, 11) is 0. The molecule has 8 heteroatoms. The number of aromatic amines is 1. The van der Waals surface area contributed by atoms with E-state index in [9.17, 15) is 4.39 Å². The molecule has 0 radical (unpaired) electrons. The highest BCUT2D eigenvalue weighted by Crippen LogP contribution is 2.29. The van der Waals surface area contributed by atoms with Gasteiger partial charge in [0.1, 0.15) is 5.65 Å². The van der Waals surface area contributed by atoms with Crippen molar-refractivity contribution in [2.24, 2.45) is 0 Å². The van der Waals surface area contributed by atoms with Crippen molar-refractivity contribution in [1.82, 2.24) is 19.9 Å². The number of pyridine rings is 1. The molecule has 0 aliphatic carbocycles. The standard InChI is InChI=1S/C19H16ClFN6.4H2/c1-10(11-2-4-13(22)5-3-11)26-19-16(21)9-25-18(27-19)15-8-24-17-14(15)6-12(20)7-23-17;;;;/h2-10H,22H2,1H3,(H,23,24)(H,25,26,27);4*1H/t10-;;;;/m1..../s1. The van der Waals surface area contributed by atoms with Crippen LogP contribution in [0.25, 0.3) is 22.4 Å². The van der Waals surface area contributed by atoms with Crippen LogP contribution in [0.4, 0.5) is 15.9 Å². The number of rotatable bonds is 4. The van der Waals surface area contributed by atoms with E-state index in [0.29, 0.717) is 27.7 Å². The number of nitrogens with zero attached hydrogens (tertiary/aromatic N) is 3. The fourth-order valence-electron chi connectivity index (χ4n) is 2.83. The Balaban J connectivity index is 0.00000225. The van der Waals surface area contributed by atoms with Crippen LogP contribution >= 0.6 is 11.6 Å². The summed E-state index contributed by atoms with van der Waals surface area (Å²) < 4.78 is 14.3. The highest BCUT2D eigenvalue weighted by Gasteiger charge is 2.15. The fraction of sp³-hybridized carbons (Fsp3) is 0.105. The first-order valence-corrected chi connectivity index (χ1v) is 8.66. The second-order valence-electron chi connectivity index (χ2n) is 6.17. The third kappa shape index (κ3) is 3.41. The van der Waals surface area contributed by atoms with Gasteiger partial charge in [0.05, 0.1) is 17.3 Å². The van der Waals surface area contributed by atoms with Crippen LogP contribution in [0.5, 0.6) is 0 Å². The molecule has 0 saturated carbocycles. The molecule has 27 heavy (non-hydrogen) atoms. The minimum absolute atomic E-state index is 0. The average Bonchev–Trinajstić information content (AvgIpc) is 3.07. The van der Waals surface area contributed by atoms with Crippen molar-refractivity contribution in [3.63, 3.8) is 0 Å². The monoisotopic (exact) mass is 390 g/mol. The van der Waals surface area contributed by atoms with Crippen molar-refractivity contribution in [1.29, 1.82) is 0 Å². The van der Waals surface area contributed by atoms with Gasteiger partial charge in [-0.2, -0.15) is 0 Å². The topological polar surface area (TPSA) is 92.5 Å². The zero-order valence-corrected chi connectivity index (χ0v) is 15.1. The first-order valence-electron chi connectivity index (χ1n) is 8.29. The Hall–Kier alpha value is -3.19. The van der Waals surface area contributed by atoms with Crippen LogP contribution in [0.2, 0.25) is 5.02 Å². The van der Waals surface area contributed by atoms with Gasteiger partial charge < -0.3 is 16.0 Å². The summed E-state index contributed by atoms with van der Waals surface area (Å²) in [5, 5.41) is 4.36. The molecule has 3 aromatic heterocycles. The maximum atomic E-state index is 14.3. The van der Waals surface area contributed by atoms with Crippen LogP contribution in [0.15, 0.2) is 48.9 Å². The molecule has 0 amide bonds. The van der Waals surface area contributed by atoms with Gasteiger partial charge in [-0.05, 0) is 30.7 Å². The third-order valence-corrected chi connectivity index (χ3v) is 4.48. The van der Waals surface area contributed by atoms with Crippen LogP contribution in [0.3, 0.4) is 0 Å². The summed E-state index contributed by atoms with van der Waals surface area (Å²) in [5.74, 6) is -0.0376. The highest BCUT2D eigenvalue weighted by molar-refractivity contribution is 6.31. The van der Waals surface area contributed by atoms with E-state index in [1.807, 2.05) is 19.1 Å². The van der Waals surface area contributed by atoms with Crippen molar-refractivity contribution < 1.29 is 10.1 Å². The van der Waals surface area contributed by atoms with Gasteiger partial charge in [0.15, 0.2) is 17.5 Å². The second kappa shape index (κ2) is 6.85. The number of aromatic nitrogens is 4. The molecular formula is C19H24ClFN6. The maximum absolute atomic E-state index is 14.3. The molecular weight excluding hydrogens is 367 g/mol. The largest absolute Gasteiger partial charge is 0.399 e. The maximum Gasteiger partial charge on any atom is 0.183 e. The number of H-pyrrole nitrogens is 1.